The number of nitrogen functional groups attached to an aromatic ring is 1. The maximum atomic E-state index is 13.1. The molecule has 0 aliphatic rings. The molecular formula is C10H7BrFN3OS. The zero-order valence-electron chi connectivity index (χ0n) is 8.41. The number of nitrogens with one attached hydrogen (secondary N) is 1. The third kappa shape index (κ3) is 2.51. The number of hydrazine groups is 1. The Morgan fingerprint density at radius 1 is 1.53 bits per heavy atom. The smallest absolute Gasteiger partial charge is 0.285 e. The van der Waals surface area contributed by atoms with Crippen molar-refractivity contribution in [2.24, 2.45) is 5.84 Å². The normalized spacial score (nSPS) is 10.3. The molecule has 0 fully saturated rings. The molecule has 0 aliphatic carbocycles. The Morgan fingerprint density at radius 3 is 2.94 bits per heavy atom. The van der Waals surface area contributed by atoms with Crippen LogP contribution in [0, 0.1) is 5.82 Å². The third-order valence-corrected chi connectivity index (χ3v) is 3.59. The number of nitrogens with zero attached hydrogens (tertiary/aromatic N) is 1. The van der Waals surface area contributed by atoms with Gasteiger partial charge in [0.1, 0.15) is 11.5 Å². The second-order valence-electron chi connectivity index (χ2n) is 3.13. The predicted octanol–water partition coefficient (Wildman–Crippen LogP) is 2.32. The van der Waals surface area contributed by atoms with Gasteiger partial charge in [-0.05, 0) is 33.6 Å². The molecule has 0 saturated carbocycles. The molecule has 1 heterocycles. The van der Waals surface area contributed by atoms with E-state index >= 15 is 0 Å². The lowest BCUT2D eigenvalue weighted by Crippen LogP contribution is -2.30. The molecule has 2 rings (SSSR count). The number of hydrogen-bond acceptors (Lipinski definition) is 4. The molecule has 1 aromatic carbocycles. The van der Waals surface area contributed by atoms with Gasteiger partial charge in [-0.15, -0.1) is 11.3 Å². The van der Waals surface area contributed by atoms with Crippen LogP contribution in [0.4, 0.5) is 4.39 Å². The van der Waals surface area contributed by atoms with E-state index in [4.69, 9.17) is 5.84 Å². The fraction of sp³-hybridized carbons (Fsp3) is 0. The molecule has 4 nitrogen and oxygen atoms in total. The number of rotatable bonds is 2. The van der Waals surface area contributed by atoms with Crippen molar-refractivity contribution in [3.05, 3.63) is 39.7 Å². The van der Waals surface area contributed by atoms with Crippen LogP contribution in [0.15, 0.2) is 28.2 Å². The van der Waals surface area contributed by atoms with Crippen LogP contribution < -0.4 is 11.3 Å². The molecule has 7 heteroatoms. The van der Waals surface area contributed by atoms with Gasteiger partial charge in [0, 0.05) is 0 Å². The van der Waals surface area contributed by atoms with E-state index in [1.54, 1.807) is 12.1 Å². The van der Waals surface area contributed by atoms with Gasteiger partial charge in [-0.2, -0.15) is 0 Å². The quantitative estimate of drug-likeness (QED) is 0.507. The van der Waals surface area contributed by atoms with Gasteiger partial charge in [0.05, 0.1) is 4.88 Å². The summed E-state index contributed by atoms with van der Waals surface area (Å²) in [5.41, 5.74) is 2.78. The van der Waals surface area contributed by atoms with E-state index in [1.165, 1.54) is 23.5 Å². The number of thiazole rings is 1. The lowest BCUT2D eigenvalue weighted by Gasteiger charge is -2.01. The summed E-state index contributed by atoms with van der Waals surface area (Å²) < 4.78 is 13.7. The summed E-state index contributed by atoms with van der Waals surface area (Å²) in [5, 5.41) is 0. The molecule has 0 bridgehead atoms. The highest BCUT2D eigenvalue weighted by Crippen LogP contribution is 2.33. The highest BCUT2D eigenvalue weighted by Gasteiger charge is 2.18. The van der Waals surface area contributed by atoms with Gasteiger partial charge < -0.3 is 0 Å². The summed E-state index contributed by atoms with van der Waals surface area (Å²) in [6.45, 7) is 0. The van der Waals surface area contributed by atoms with Crippen molar-refractivity contribution in [1.82, 2.24) is 10.4 Å². The van der Waals surface area contributed by atoms with Crippen molar-refractivity contribution < 1.29 is 9.18 Å². The number of nitrogens with two attached hydrogens (primary N) is 1. The number of carbonyl (C=O) groups is 1. The summed E-state index contributed by atoms with van der Waals surface area (Å²) >= 11 is 4.43. The average Bonchev–Trinajstić information content (AvgIpc) is 2.70. The number of amides is 1. The zero-order valence-corrected chi connectivity index (χ0v) is 10.8. The van der Waals surface area contributed by atoms with Crippen molar-refractivity contribution in [2.45, 2.75) is 0 Å². The van der Waals surface area contributed by atoms with Crippen LogP contribution in [0.2, 0.25) is 0 Å². The first-order valence-corrected chi connectivity index (χ1v) is 6.16. The first-order valence-electron chi connectivity index (χ1n) is 4.55. The van der Waals surface area contributed by atoms with Crippen molar-refractivity contribution in [3.8, 4) is 10.4 Å². The molecule has 0 aliphatic heterocycles. The minimum absolute atomic E-state index is 0.176. The van der Waals surface area contributed by atoms with E-state index in [-0.39, 0.29) is 11.5 Å². The van der Waals surface area contributed by atoms with Crippen molar-refractivity contribution in [2.75, 3.05) is 0 Å². The Kier molecular flexibility index (Phi) is 3.51. The molecule has 0 spiro atoms. The van der Waals surface area contributed by atoms with Crippen LogP contribution in [-0.4, -0.2) is 10.9 Å². The van der Waals surface area contributed by atoms with Crippen LogP contribution in [0.1, 0.15) is 10.5 Å². The molecule has 1 aromatic heterocycles. The monoisotopic (exact) mass is 315 g/mol. The largest absolute Gasteiger partial charge is 0.289 e. The number of aromatic nitrogens is 1. The minimum Gasteiger partial charge on any atom is -0.289 e. The van der Waals surface area contributed by atoms with Crippen LogP contribution in [-0.2, 0) is 0 Å². The first kappa shape index (κ1) is 12.2. The Balaban J connectivity index is 2.55. The lowest BCUT2D eigenvalue weighted by atomic mass is 10.1. The fourth-order valence-corrected chi connectivity index (χ4v) is 2.79. The molecule has 0 radical (unpaired) electrons. The summed E-state index contributed by atoms with van der Waals surface area (Å²) in [6.07, 6.45) is 0. The number of hydrogen-bond donors (Lipinski definition) is 2. The highest BCUT2D eigenvalue weighted by molar-refractivity contribution is 9.11. The van der Waals surface area contributed by atoms with Crippen LogP contribution in [0.25, 0.3) is 10.4 Å². The van der Waals surface area contributed by atoms with Gasteiger partial charge in [-0.1, -0.05) is 12.1 Å². The van der Waals surface area contributed by atoms with Crippen LogP contribution in [0.3, 0.4) is 0 Å². The number of benzene rings is 1. The Labute approximate surface area is 109 Å². The van der Waals surface area contributed by atoms with Crippen LogP contribution in [0.5, 0.6) is 0 Å². The standard InChI is InChI=1S/C10H7BrFN3OS/c11-10-14-7(9(16)15-13)8(17-10)5-2-1-3-6(12)4-5/h1-4H,13H2,(H,15,16). The summed E-state index contributed by atoms with van der Waals surface area (Å²) in [6, 6.07) is 5.95. The third-order valence-electron chi connectivity index (χ3n) is 2.03. The van der Waals surface area contributed by atoms with Gasteiger partial charge in [-0.25, -0.2) is 15.2 Å². The molecule has 17 heavy (non-hydrogen) atoms. The predicted molar refractivity (Wildman–Crippen MR) is 66.9 cm³/mol. The van der Waals surface area contributed by atoms with Crippen molar-refractivity contribution in [3.63, 3.8) is 0 Å². The molecule has 2 aromatic rings. The van der Waals surface area contributed by atoms with Crippen molar-refractivity contribution >= 4 is 33.2 Å². The second-order valence-corrected chi connectivity index (χ2v) is 5.40. The summed E-state index contributed by atoms with van der Waals surface area (Å²) in [7, 11) is 0. The number of halogens is 2. The topological polar surface area (TPSA) is 68.0 Å². The van der Waals surface area contributed by atoms with Gasteiger partial charge in [0.15, 0.2) is 3.92 Å². The molecular weight excluding hydrogens is 309 g/mol. The van der Waals surface area contributed by atoms with E-state index in [1.807, 2.05) is 5.43 Å². The molecule has 0 unspecified atom stereocenters. The molecule has 0 atom stereocenters. The van der Waals surface area contributed by atoms with E-state index in [2.05, 4.69) is 20.9 Å². The van der Waals surface area contributed by atoms with Gasteiger partial charge in [0.2, 0.25) is 0 Å². The Morgan fingerprint density at radius 2 is 2.29 bits per heavy atom. The maximum Gasteiger partial charge on any atom is 0.285 e. The summed E-state index contributed by atoms with van der Waals surface area (Å²) in [5.74, 6) is 4.19. The highest BCUT2D eigenvalue weighted by atomic mass is 79.9. The van der Waals surface area contributed by atoms with E-state index in [0.29, 0.717) is 14.4 Å². The fourth-order valence-electron chi connectivity index (χ4n) is 1.34. The second kappa shape index (κ2) is 4.91. The molecule has 1 amide bonds. The van der Waals surface area contributed by atoms with Crippen LogP contribution >= 0.6 is 27.3 Å². The first-order chi connectivity index (χ1) is 8.11. The van der Waals surface area contributed by atoms with Gasteiger partial charge in [0.25, 0.3) is 5.91 Å². The van der Waals surface area contributed by atoms with E-state index in [0.717, 1.165) is 0 Å². The SMILES string of the molecule is NNC(=O)c1nc(Br)sc1-c1cccc(F)c1. The molecule has 88 valence electrons. The van der Waals surface area contributed by atoms with Gasteiger partial charge in [-0.3, -0.25) is 10.2 Å². The Hall–Kier alpha value is -1.31. The van der Waals surface area contributed by atoms with Gasteiger partial charge >= 0.3 is 0 Å². The minimum atomic E-state index is -0.508. The molecule has 0 saturated heterocycles. The Bertz CT molecular complexity index is 572. The molecule has 3 N–H and O–H groups in total. The average molecular weight is 316 g/mol. The van der Waals surface area contributed by atoms with Crippen molar-refractivity contribution in [1.29, 1.82) is 0 Å². The number of carbonyl (C=O) groups excluding carboxylic acids is 1. The van der Waals surface area contributed by atoms with E-state index in [9.17, 15) is 9.18 Å². The van der Waals surface area contributed by atoms with E-state index < -0.39 is 5.91 Å². The summed E-state index contributed by atoms with van der Waals surface area (Å²) in [4.78, 5) is 16.1. The maximum absolute atomic E-state index is 13.1. The lowest BCUT2D eigenvalue weighted by molar-refractivity contribution is 0.0950. The zero-order chi connectivity index (χ0) is 12.4.